The van der Waals surface area contributed by atoms with Crippen molar-refractivity contribution in [3.63, 3.8) is 0 Å². The lowest BCUT2D eigenvalue weighted by atomic mass is 9.76. The molecule has 5 rings (SSSR count). The number of aromatic nitrogens is 3. The van der Waals surface area contributed by atoms with Gasteiger partial charge in [0.15, 0.2) is 0 Å². The summed E-state index contributed by atoms with van der Waals surface area (Å²) in [4.78, 5) is 20.5. The summed E-state index contributed by atoms with van der Waals surface area (Å²) in [5, 5.41) is 9.06. The molecule has 2 unspecified atom stereocenters. The second-order valence-corrected chi connectivity index (χ2v) is 10.7. The molecule has 1 amide bonds. The Morgan fingerprint density at radius 2 is 2.00 bits per heavy atom. The molecule has 7 heteroatoms. The van der Waals surface area contributed by atoms with Crippen molar-refractivity contribution in [1.82, 2.24) is 20.1 Å². The summed E-state index contributed by atoms with van der Waals surface area (Å²) >= 11 is 0. The van der Waals surface area contributed by atoms with Crippen molar-refractivity contribution in [2.75, 3.05) is 31.6 Å². The van der Waals surface area contributed by atoms with Crippen LogP contribution in [0.2, 0.25) is 0 Å². The number of ether oxygens (including phenoxy) is 1. The zero-order valence-electron chi connectivity index (χ0n) is 20.4. The zero-order chi connectivity index (χ0) is 23.3. The molecule has 2 atom stereocenters. The minimum atomic E-state index is 0.0893. The minimum Gasteiger partial charge on any atom is -0.373 e. The first kappa shape index (κ1) is 22.2. The smallest absolute Gasteiger partial charge is 0.240 e. The van der Waals surface area contributed by atoms with E-state index >= 15 is 0 Å². The molecule has 176 valence electrons. The van der Waals surface area contributed by atoms with Gasteiger partial charge in [-0.05, 0) is 56.7 Å². The number of H-pyrrole nitrogens is 2. The predicted molar refractivity (Wildman–Crippen MR) is 132 cm³/mol. The molecule has 0 bridgehead atoms. The third-order valence-corrected chi connectivity index (χ3v) is 7.14. The summed E-state index contributed by atoms with van der Waals surface area (Å²) in [7, 11) is 1.85. The lowest BCUT2D eigenvalue weighted by Crippen LogP contribution is -2.49. The Morgan fingerprint density at radius 3 is 2.76 bits per heavy atom. The molecule has 2 aliphatic rings. The van der Waals surface area contributed by atoms with Crippen molar-refractivity contribution in [1.29, 1.82) is 0 Å². The summed E-state index contributed by atoms with van der Waals surface area (Å²) in [6.07, 6.45) is 3.56. The van der Waals surface area contributed by atoms with E-state index < -0.39 is 0 Å². The zero-order valence-corrected chi connectivity index (χ0v) is 20.4. The number of rotatable bonds is 4. The number of carbonyl (C=O) groups excluding carboxylic acids is 1. The molecule has 2 N–H and O–H groups in total. The van der Waals surface area contributed by atoms with Crippen molar-refractivity contribution < 1.29 is 9.53 Å². The molecule has 1 aliphatic carbocycles. The summed E-state index contributed by atoms with van der Waals surface area (Å²) in [5.74, 6) is 0.0893. The van der Waals surface area contributed by atoms with Gasteiger partial charge in [-0.1, -0.05) is 19.9 Å². The van der Waals surface area contributed by atoms with Gasteiger partial charge in [0.05, 0.1) is 24.4 Å². The molecule has 0 radical (unpaired) electrons. The summed E-state index contributed by atoms with van der Waals surface area (Å²) in [5.41, 5.74) is 6.88. The number of likely N-dealkylation sites (N-methyl/N-ethyl adjacent to an activating group) is 1. The maximum atomic E-state index is 13.0. The molecular weight excluding hydrogens is 414 g/mol. The van der Waals surface area contributed by atoms with Crippen molar-refractivity contribution in [2.24, 2.45) is 5.41 Å². The second kappa shape index (κ2) is 8.29. The molecule has 3 heterocycles. The maximum Gasteiger partial charge on any atom is 0.240 e. The number of benzene rings is 1. The van der Waals surface area contributed by atoms with E-state index in [4.69, 9.17) is 4.74 Å². The number of morpholine rings is 1. The van der Waals surface area contributed by atoms with Gasteiger partial charge in [-0.2, -0.15) is 5.10 Å². The highest BCUT2D eigenvalue weighted by molar-refractivity contribution is 5.97. The fourth-order valence-corrected chi connectivity index (χ4v) is 5.38. The predicted octanol–water partition coefficient (Wildman–Crippen LogP) is 4.14. The topological polar surface area (TPSA) is 77.3 Å². The van der Waals surface area contributed by atoms with E-state index in [1.54, 1.807) is 4.90 Å². The van der Waals surface area contributed by atoms with Crippen LogP contribution in [-0.4, -0.2) is 64.9 Å². The van der Waals surface area contributed by atoms with Gasteiger partial charge < -0.3 is 14.6 Å². The lowest BCUT2D eigenvalue weighted by molar-refractivity contribution is -0.123. The Bertz CT molecular complexity index is 1170. The van der Waals surface area contributed by atoms with Crippen LogP contribution >= 0.6 is 0 Å². The average Bonchev–Trinajstić information content (AvgIpc) is 3.34. The lowest BCUT2D eigenvalue weighted by Gasteiger charge is -2.35. The van der Waals surface area contributed by atoms with Gasteiger partial charge in [0.25, 0.3) is 0 Å². The normalized spacial score (nSPS) is 22.9. The minimum absolute atomic E-state index is 0.0893. The van der Waals surface area contributed by atoms with Crippen LogP contribution in [0.3, 0.4) is 0 Å². The van der Waals surface area contributed by atoms with Crippen molar-refractivity contribution in [3.05, 3.63) is 35.5 Å². The van der Waals surface area contributed by atoms with Gasteiger partial charge in [0.1, 0.15) is 5.69 Å². The number of aromatic amines is 2. The van der Waals surface area contributed by atoms with Crippen LogP contribution in [-0.2, 0) is 22.4 Å². The number of anilines is 1. The van der Waals surface area contributed by atoms with E-state index in [2.05, 4.69) is 66.0 Å². The Hall–Kier alpha value is -2.64. The highest BCUT2D eigenvalue weighted by atomic mass is 16.5. The van der Waals surface area contributed by atoms with Crippen LogP contribution in [0.4, 0.5) is 5.69 Å². The van der Waals surface area contributed by atoms with Gasteiger partial charge in [-0.25, -0.2) is 0 Å². The molecular formula is C26H35N5O2. The van der Waals surface area contributed by atoms with Crippen LogP contribution in [0.1, 0.15) is 45.4 Å². The maximum absolute atomic E-state index is 13.0. The van der Waals surface area contributed by atoms with Gasteiger partial charge in [0, 0.05) is 48.0 Å². The largest absolute Gasteiger partial charge is 0.373 e. The Balaban J connectivity index is 1.35. The molecule has 7 nitrogen and oxygen atoms in total. The van der Waals surface area contributed by atoms with E-state index in [0.29, 0.717) is 12.0 Å². The van der Waals surface area contributed by atoms with Crippen LogP contribution < -0.4 is 4.90 Å². The van der Waals surface area contributed by atoms with Gasteiger partial charge in [-0.3, -0.25) is 14.8 Å². The third kappa shape index (κ3) is 4.44. The second-order valence-electron chi connectivity index (χ2n) is 10.7. The van der Waals surface area contributed by atoms with Crippen LogP contribution in [0, 0.1) is 5.41 Å². The molecule has 0 saturated carbocycles. The van der Waals surface area contributed by atoms with E-state index in [1.807, 2.05) is 13.1 Å². The number of carbonyl (C=O) groups is 1. The molecule has 2 aromatic heterocycles. The summed E-state index contributed by atoms with van der Waals surface area (Å²) in [6.45, 7) is 10.7. The van der Waals surface area contributed by atoms with Crippen molar-refractivity contribution in [3.8, 4) is 11.4 Å². The van der Waals surface area contributed by atoms with E-state index in [9.17, 15) is 4.79 Å². The third-order valence-electron chi connectivity index (χ3n) is 7.14. The molecule has 33 heavy (non-hydrogen) atoms. The first-order chi connectivity index (χ1) is 15.7. The first-order valence-electron chi connectivity index (χ1n) is 12.0. The van der Waals surface area contributed by atoms with Gasteiger partial charge in [-0.15, -0.1) is 0 Å². The quantitative estimate of drug-likeness (QED) is 0.627. The number of nitrogens with one attached hydrogen (secondary N) is 2. The molecule has 1 fully saturated rings. The van der Waals surface area contributed by atoms with Gasteiger partial charge in [0.2, 0.25) is 5.91 Å². The average molecular weight is 450 g/mol. The number of nitrogens with zero attached hydrogens (tertiary/aromatic N) is 3. The van der Waals surface area contributed by atoms with Crippen molar-refractivity contribution >= 4 is 22.5 Å². The summed E-state index contributed by atoms with van der Waals surface area (Å²) < 4.78 is 5.79. The first-order valence-corrected chi connectivity index (χ1v) is 12.0. The van der Waals surface area contributed by atoms with Crippen LogP contribution in [0.5, 0.6) is 0 Å². The Morgan fingerprint density at radius 1 is 1.24 bits per heavy atom. The summed E-state index contributed by atoms with van der Waals surface area (Å²) in [6, 6.07) is 8.32. The Labute approximate surface area is 195 Å². The highest BCUT2D eigenvalue weighted by Crippen LogP contribution is 2.38. The molecule has 1 aromatic carbocycles. The standard InChI is InChI=1S/C26H35N5O2/c1-16-13-31(14-17(2)33-16)15-24(32)30(5)19-7-6-18-10-22(27-21(18)11-19)25-20-8-9-26(3,4)12-23(20)28-29-25/h6-7,10-11,16-17,27H,8-9,12-15H2,1-5H3,(H,28,29). The van der Waals surface area contributed by atoms with E-state index in [1.165, 1.54) is 17.7 Å². The van der Waals surface area contributed by atoms with Gasteiger partial charge >= 0.3 is 0 Å². The van der Waals surface area contributed by atoms with Crippen molar-refractivity contribution in [2.45, 2.75) is 59.2 Å². The van der Waals surface area contributed by atoms with Crippen LogP contribution in [0.15, 0.2) is 24.3 Å². The molecule has 0 spiro atoms. The fourth-order valence-electron chi connectivity index (χ4n) is 5.38. The molecule has 1 saturated heterocycles. The Kier molecular flexibility index (Phi) is 5.57. The number of hydrogen-bond acceptors (Lipinski definition) is 4. The van der Waals surface area contributed by atoms with Crippen LogP contribution in [0.25, 0.3) is 22.3 Å². The fraction of sp³-hybridized carbons (Fsp3) is 0.538. The monoisotopic (exact) mass is 449 g/mol. The molecule has 3 aromatic rings. The van der Waals surface area contributed by atoms with E-state index in [-0.39, 0.29) is 18.1 Å². The highest BCUT2D eigenvalue weighted by Gasteiger charge is 2.29. The number of amides is 1. The molecule has 1 aliphatic heterocycles. The SMILES string of the molecule is CC1CN(CC(=O)N(C)c2ccc3cc(-c4n[nH]c5c4CCC(C)(C)C5)[nH]c3c2)CC(C)O1. The number of fused-ring (bicyclic) bond motifs is 2. The van der Waals surface area contributed by atoms with E-state index in [0.717, 1.165) is 53.9 Å². The number of hydrogen-bond donors (Lipinski definition) is 2.